The average Bonchev–Trinajstić information content (AvgIpc) is 3.28. The van der Waals surface area contributed by atoms with Crippen molar-refractivity contribution < 1.29 is 28.6 Å². The van der Waals surface area contributed by atoms with Crippen LogP contribution in [0.2, 0.25) is 0 Å². The van der Waals surface area contributed by atoms with Crippen molar-refractivity contribution in [2.45, 2.75) is 48.4 Å². The van der Waals surface area contributed by atoms with Crippen LogP contribution in [0.15, 0.2) is 47.4 Å². The zero-order chi connectivity index (χ0) is 24.1. The number of hydrogen-bond donors (Lipinski definition) is 3. The summed E-state index contributed by atoms with van der Waals surface area (Å²) >= 11 is 1.23. The van der Waals surface area contributed by atoms with E-state index in [9.17, 15) is 18.8 Å². The molecule has 0 saturated heterocycles. The van der Waals surface area contributed by atoms with Crippen molar-refractivity contribution in [2.75, 3.05) is 13.1 Å². The molecule has 2 amide bonds. The van der Waals surface area contributed by atoms with E-state index in [0.717, 1.165) is 5.56 Å². The first-order valence-corrected chi connectivity index (χ1v) is 12.3. The van der Waals surface area contributed by atoms with E-state index in [-0.39, 0.29) is 48.0 Å². The van der Waals surface area contributed by atoms with E-state index >= 15 is 0 Å². The van der Waals surface area contributed by atoms with Gasteiger partial charge in [-0.2, -0.15) is 0 Å². The molecule has 1 aliphatic heterocycles. The quantitative estimate of drug-likeness (QED) is 0.494. The molecular formula is C25H27FN2O5S. The van der Waals surface area contributed by atoms with Crippen LogP contribution in [0.3, 0.4) is 0 Å². The normalized spacial score (nSPS) is 21.4. The second-order valence-electron chi connectivity index (χ2n) is 8.54. The second kappa shape index (κ2) is 10.9. The Morgan fingerprint density at radius 2 is 1.71 bits per heavy atom. The number of carbonyl (C=O) groups excluding carboxylic acids is 2. The molecule has 1 saturated carbocycles. The number of thioether (sulfide) groups is 1. The highest BCUT2D eigenvalue weighted by Crippen LogP contribution is 2.38. The van der Waals surface area contributed by atoms with Gasteiger partial charge in [-0.25, -0.2) is 4.39 Å². The number of benzene rings is 2. The summed E-state index contributed by atoms with van der Waals surface area (Å²) < 4.78 is 19.8. The van der Waals surface area contributed by atoms with E-state index < -0.39 is 5.97 Å². The number of carbonyl (C=O) groups is 3. The summed E-state index contributed by atoms with van der Waals surface area (Å²) in [5.41, 5.74) is 1.32. The molecule has 180 valence electrons. The van der Waals surface area contributed by atoms with Crippen molar-refractivity contribution in [3.8, 4) is 5.75 Å². The van der Waals surface area contributed by atoms with Gasteiger partial charge in [0.05, 0.1) is 17.3 Å². The van der Waals surface area contributed by atoms with Crippen molar-refractivity contribution in [3.05, 3.63) is 59.4 Å². The average molecular weight is 487 g/mol. The van der Waals surface area contributed by atoms with Crippen LogP contribution < -0.4 is 15.4 Å². The molecule has 0 radical (unpaired) electrons. The van der Waals surface area contributed by atoms with Gasteiger partial charge in [-0.05, 0) is 68.0 Å². The third kappa shape index (κ3) is 5.88. The zero-order valence-corrected chi connectivity index (χ0v) is 19.4. The van der Waals surface area contributed by atoms with Crippen molar-refractivity contribution in [1.82, 2.24) is 10.6 Å². The Bertz CT molecular complexity index is 1050. The fourth-order valence-electron chi connectivity index (χ4n) is 4.26. The number of rotatable bonds is 8. The molecule has 2 aliphatic rings. The summed E-state index contributed by atoms with van der Waals surface area (Å²) in [5.74, 6) is -1.11. The number of ether oxygens (including phenoxy) is 1. The number of amides is 2. The van der Waals surface area contributed by atoms with E-state index in [1.54, 1.807) is 30.3 Å². The lowest BCUT2D eigenvalue weighted by atomic mass is 9.87. The second-order valence-corrected chi connectivity index (χ2v) is 9.75. The highest BCUT2D eigenvalue weighted by molar-refractivity contribution is 8.01. The van der Waals surface area contributed by atoms with Crippen LogP contribution in [0.25, 0.3) is 0 Å². The maximum Gasteiger partial charge on any atom is 0.306 e. The highest BCUT2D eigenvalue weighted by Gasteiger charge is 2.30. The summed E-state index contributed by atoms with van der Waals surface area (Å²) in [4.78, 5) is 36.3. The molecule has 0 bridgehead atoms. The molecule has 0 aromatic heterocycles. The molecule has 4 rings (SSSR count). The van der Waals surface area contributed by atoms with Gasteiger partial charge in [0.2, 0.25) is 5.91 Å². The van der Waals surface area contributed by atoms with Crippen LogP contribution >= 0.6 is 11.8 Å². The third-order valence-corrected chi connectivity index (χ3v) is 7.52. The minimum atomic E-state index is -0.744. The molecular weight excluding hydrogens is 459 g/mol. The van der Waals surface area contributed by atoms with Gasteiger partial charge in [-0.15, -0.1) is 11.8 Å². The van der Waals surface area contributed by atoms with E-state index in [4.69, 9.17) is 9.84 Å². The third-order valence-electron chi connectivity index (χ3n) is 6.16. The lowest BCUT2D eigenvalue weighted by molar-refractivity contribution is -0.143. The summed E-state index contributed by atoms with van der Waals surface area (Å²) in [6.07, 6.45) is 3.10. The van der Waals surface area contributed by atoms with Crippen molar-refractivity contribution >= 4 is 29.5 Å². The summed E-state index contributed by atoms with van der Waals surface area (Å²) in [6, 6.07) is 11.7. The molecule has 2 aromatic carbocycles. The molecule has 1 unspecified atom stereocenters. The topological polar surface area (TPSA) is 105 Å². The van der Waals surface area contributed by atoms with Crippen molar-refractivity contribution in [3.63, 3.8) is 0 Å². The van der Waals surface area contributed by atoms with Crippen LogP contribution in [0, 0.1) is 11.7 Å². The molecule has 0 spiro atoms. The van der Waals surface area contributed by atoms with Crippen molar-refractivity contribution in [2.24, 2.45) is 5.92 Å². The predicted octanol–water partition coefficient (Wildman–Crippen LogP) is 3.41. The van der Waals surface area contributed by atoms with Gasteiger partial charge < -0.3 is 20.5 Å². The van der Waals surface area contributed by atoms with E-state index in [0.29, 0.717) is 48.3 Å². The minimum Gasteiger partial charge on any atom is -0.490 e. The van der Waals surface area contributed by atoms with Crippen LogP contribution in [-0.2, 0) is 16.0 Å². The molecule has 1 aliphatic carbocycles. The zero-order valence-electron chi connectivity index (χ0n) is 18.6. The Morgan fingerprint density at radius 3 is 2.38 bits per heavy atom. The number of halogens is 1. The number of carboxylic acids is 1. The molecule has 7 nitrogen and oxygen atoms in total. The Labute approximate surface area is 201 Å². The first-order chi connectivity index (χ1) is 16.4. The molecule has 9 heteroatoms. The standard InChI is InChI=1S/C25H27FN2O5S/c26-20-3-1-2-17-14-21(34-22(17)20)24(30)28-13-12-27-23(29)15-4-8-18(9-5-15)33-19-10-6-16(7-11-19)25(31)32/h1-5,8-9,16,19,21H,6-7,10-14H2,(H,27,29)(H,28,30)(H,31,32)/t16-,19+,21?. The van der Waals surface area contributed by atoms with Gasteiger partial charge in [-0.3, -0.25) is 14.4 Å². The largest absolute Gasteiger partial charge is 0.490 e. The fourth-order valence-corrected chi connectivity index (χ4v) is 5.48. The number of hydrogen-bond acceptors (Lipinski definition) is 5. The molecule has 2 aromatic rings. The van der Waals surface area contributed by atoms with E-state index in [1.807, 2.05) is 6.07 Å². The smallest absolute Gasteiger partial charge is 0.306 e. The highest BCUT2D eigenvalue weighted by atomic mass is 32.2. The van der Waals surface area contributed by atoms with Gasteiger partial charge in [0.25, 0.3) is 5.91 Å². The van der Waals surface area contributed by atoms with Gasteiger partial charge in [0.1, 0.15) is 11.6 Å². The van der Waals surface area contributed by atoms with Crippen LogP contribution in [0.4, 0.5) is 4.39 Å². The Balaban J connectivity index is 1.16. The van der Waals surface area contributed by atoms with Crippen LogP contribution in [0.1, 0.15) is 41.6 Å². The molecule has 34 heavy (non-hydrogen) atoms. The summed E-state index contributed by atoms with van der Waals surface area (Å²) in [7, 11) is 0. The number of carboxylic acid groups (broad SMARTS) is 1. The summed E-state index contributed by atoms with van der Waals surface area (Å²) in [5, 5.41) is 14.3. The SMILES string of the molecule is O=C(NCCNC(=O)C1Cc2cccc(F)c2S1)c1ccc(O[C@H]2CC[C@@H](C(=O)O)CC2)cc1. The van der Waals surface area contributed by atoms with Crippen LogP contribution in [-0.4, -0.2) is 47.3 Å². The van der Waals surface area contributed by atoms with E-state index in [1.165, 1.54) is 17.8 Å². The number of aliphatic carboxylic acids is 1. The first kappa shape index (κ1) is 24.1. The van der Waals surface area contributed by atoms with Gasteiger partial charge in [-0.1, -0.05) is 12.1 Å². The molecule has 1 heterocycles. The Hall–Kier alpha value is -3.07. The van der Waals surface area contributed by atoms with E-state index in [2.05, 4.69) is 10.6 Å². The number of fused-ring (bicyclic) bond motifs is 1. The number of nitrogens with one attached hydrogen (secondary N) is 2. The Morgan fingerprint density at radius 1 is 1.00 bits per heavy atom. The van der Waals surface area contributed by atoms with Gasteiger partial charge in [0, 0.05) is 23.5 Å². The molecule has 1 atom stereocenters. The Kier molecular flexibility index (Phi) is 7.72. The molecule has 3 N–H and O–H groups in total. The predicted molar refractivity (Wildman–Crippen MR) is 126 cm³/mol. The van der Waals surface area contributed by atoms with Gasteiger partial charge in [0.15, 0.2) is 0 Å². The van der Waals surface area contributed by atoms with Gasteiger partial charge >= 0.3 is 5.97 Å². The lowest BCUT2D eigenvalue weighted by Gasteiger charge is -2.26. The summed E-state index contributed by atoms with van der Waals surface area (Å²) in [6.45, 7) is 0.551. The van der Waals surface area contributed by atoms with Crippen molar-refractivity contribution in [1.29, 1.82) is 0 Å². The van der Waals surface area contributed by atoms with Crippen LogP contribution in [0.5, 0.6) is 5.75 Å². The maximum atomic E-state index is 13.8. The lowest BCUT2D eigenvalue weighted by Crippen LogP contribution is -2.38. The fraction of sp³-hybridized carbons (Fsp3) is 0.400. The first-order valence-electron chi connectivity index (χ1n) is 11.4. The molecule has 1 fully saturated rings. The minimum absolute atomic E-state index is 0.0128. The monoisotopic (exact) mass is 486 g/mol. The maximum absolute atomic E-state index is 13.8.